The van der Waals surface area contributed by atoms with E-state index in [0.717, 1.165) is 25.7 Å². The Morgan fingerprint density at radius 1 is 1.13 bits per heavy atom. The van der Waals surface area contributed by atoms with Crippen LogP contribution in [-0.2, 0) is 19.1 Å². The molecule has 1 saturated carbocycles. The van der Waals surface area contributed by atoms with E-state index in [0.29, 0.717) is 50.0 Å². The SMILES string of the molecule is CCOCCCN(CC(=O)NC1CCCC1)C(=O)C(=O)Nc1ccc2c(c1)OCCO2. The molecule has 9 nitrogen and oxygen atoms in total. The second-order valence-electron chi connectivity index (χ2n) is 7.64. The number of benzene rings is 1. The van der Waals surface area contributed by atoms with E-state index in [-0.39, 0.29) is 25.0 Å². The minimum absolute atomic E-state index is 0.152. The van der Waals surface area contributed by atoms with Gasteiger partial charge in [-0.25, -0.2) is 0 Å². The van der Waals surface area contributed by atoms with E-state index in [9.17, 15) is 14.4 Å². The van der Waals surface area contributed by atoms with Crippen molar-refractivity contribution in [3.63, 3.8) is 0 Å². The molecule has 1 aliphatic carbocycles. The van der Waals surface area contributed by atoms with E-state index in [2.05, 4.69) is 10.6 Å². The molecule has 2 aliphatic rings. The van der Waals surface area contributed by atoms with Crippen molar-refractivity contribution < 1.29 is 28.6 Å². The lowest BCUT2D eigenvalue weighted by Gasteiger charge is -2.23. The van der Waals surface area contributed by atoms with Crippen molar-refractivity contribution >= 4 is 23.4 Å². The number of rotatable bonds is 9. The Hall–Kier alpha value is -2.81. The molecule has 0 saturated heterocycles. The normalized spacial score (nSPS) is 15.4. The highest BCUT2D eigenvalue weighted by Gasteiger charge is 2.26. The van der Waals surface area contributed by atoms with E-state index in [1.165, 1.54) is 4.90 Å². The number of carbonyl (C=O) groups is 3. The lowest BCUT2D eigenvalue weighted by molar-refractivity contribution is -0.145. The van der Waals surface area contributed by atoms with Crippen LogP contribution >= 0.6 is 0 Å². The van der Waals surface area contributed by atoms with Crippen LogP contribution in [0.25, 0.3) is 0 Å². The third-order valence-electron chi connectivity index (χ3n) is 5.26. The van der Waals surface area contributed by atoms with Gasteiger partial charge in [0.15, 0.2) is 11.5 Å². The molecule has 1 aromatic rings. The standard InChI is InChI=1S/C22H31N3O6/c1-2-29-11-5-10-25(15-20(26)23-16-6-3-4-7-16)22(28)21(27)24-17-8-9-18-19(14-17)31-13-12-30-18/h8-9,14,16H,2-7,10-13,15H2,1H3,(H,23,26)(H,24,27). The summed E-state index contributed by atoms with van der Waals surface area (Å²) in [6.07, 6.45) is 4.64. The van der Waals surface area contributed by atoms with Gasteiger partial charge in [-0.15, -0.1) is 0 Å². The molecule has 0 spiro atoms. The summed E-state index contributed by atoms with van der Waals surface area (Å²) in [7, 11) is 0. The van der Waals surface area contributed by atoms with Crippen LogP contribution in [0.3, 0.4) is 0 Å². The molecule has 0 atom stereocenters. The highest BCUT2D eigenvalue weighted by Crippen LogP contribution is 2.32. The Morgan fingerprint density at radius 2 is 1.87 bits per heavy atom. The zero-order valence-electron chi connectivity index (χ0n) is 18.0. The van der Waals surface area contributed by atoms with Gasteiger partial charge in [0.2, 0.25) is 5.91 Å². The number of amides is 3. The topological polar surface area (TPSA) is 106 Å². The largest absolute Gasteiger partial charge is 0.486 e. The molecule has 31 heavy (non-hydrogen) atoms. The first-order valence-corrected chi connectivity index (χ1v) is 10.9. The Bertz CT molecular complexity index is 779. The number of nitrogens with one attached hydrogen (secondary N) is 2. The van der Waals surface area contributed by atoms with E-state index < -0.39 is 11.8 Å². The van der Waals surface area contributed by atoms with E-state index in [1.54, 1.807) is 18.2 Å². The van der Waals surface area contributed by atoms with Gasteiger partial charge in [-0.1, -0.05) is 12.8 Å². The van der Waals surface area contributed by atoms with Gasteiger partial charge < -0.3 is 29.7 Å². The molecular formula is C22H31N3O6. The summed E-state index contributed by atoms with van der Waals surface area (Å²) in [5.41, 5.74) is 0.423. The number of ether oxygens (including phenoxy) is 3. The molecule has 2 N–H and O–H groups in total. The van der Waals surface area contributed by atoms with Crippen molar-refractivity contribution in [1.29, 1.82) is 0 Å². The second-order valence-corrected chi connectivity index (χ2v) is 7.64. The first-order chi connectivity index (χ1) is 15.1. The fraction of sp³-hybridized carbons (Fsp3) is 0.591. The van der Waals surface area contributed by atoms with Gasteiger partial charge >= 0.3 is 11.8 Å². The second kappa shape index (κ2) is 11.5. The zero-order chi connectivity index (χ0) is 22.1. The summed E-state index contributed by atoms with van der Waals surface area (Å²) in [6, 6.07) is 5.10. The monoisotopic (exact) mass is 433 g/mol. The molecule has 3 amide bonds. The third kappa shape index (κ3) is 6.85. The van der Waals surface area contributed by atoms with Crippen LogP contribution in [0.4, 0.5) is 5.69 Å². The van der Waals surface area contributed by atoms with Crippen molar-refractivity contribution in [3.8, 4) is 11.5 Å². The summed E-state index contributed by atoms with van der Waals surface area (Å²) in [5.74, 6) is -0.698. The Labute approximate surface area is 182 Å². The average Bonchev–Trinajstić information content (AvgIpc) is 3.28. The zero-order valence-corrected chi connectivity index (χ0v) is 18.0. The van der Waals surface area contributed by atoms with Crippen molar-refractivity contribution in [2.45, 2.75) is 45.1 Å². The van der Waals surface area contributed by atoms with Crippen molar-refractivity contribution in [2.24, 2.45) is 0 Å². The van der Waals surface area contributed by atoms with Gasteiger partial charge in [-0.05, 0) is 38.3 Å². The van der Waals surface area contributed by atoms with Crippen LogP contribution in [0.1, 0.15) is 39.0 Å². The van der Waals surface area contributed by atoms with Crippen molar-refractivity contribution in [2.75, 3.05) is 44.8 Å². The average molecular weight is 434 g/mol. The van der Waals surface area contributed by atoms with E-state index in [4.69, 9.17) is 14.2 Å². The highest BCUT2D eigenvalue weighted by atomic mass is 16.6. The predicted molar refractivity (Wildman–Crippen MR) is 114 cm³/mol. The lowest BCUT2D eigenvalue weighted by atomic mass is 10.2. The number of carbonyl (C=O) groups excluding carboxylic acids is 3. The van der Waals surface area contributed by atoms with Gasteiger partial charge in [-0.3, -0.25) is 14.4 Å². The molecule has 9 heteroatoms. The van der Waals surface area contributed by atoms with Crippen LogP contribution < -0.4 is 20.1 Å². The maximum atomic E-state index is 12.8. The fourth-order valence-corrected chi connectivity index (χ4v) is 3.72. The van der Waals surface area contributed by atoms with Crippen LogP contribution in [0.5, 0.6) is 11.5 Å². The van der Waals surface area contributed by atoms with Gasteiger partial charge in [0, 0.05) is 37.6 Å². The first kappa shape index (κ1) is 22.9. The lowest BCUT2D eigenvalue weighted by Crippen LogP contribution is -2.47. The molecule has 0 bridgehead atoms. The summed E-state index contributed by atoms with van der Waals surface area (Å²) in [5, 5.41) is 5.55. The quantitative estimate of drug-likeness (QED) is 0.454. The van der Waals surface area contributed by atoms with Crippen molar-refractivity contribution in [3.05, 3.63) is 18.2 Å². The Balaban J connectivity index is 1.59. The number of fused-ring (bicyclic) bond motifs is 1. The van der Waals surface area contributed by atoms with Gasteiger partial charge in [-0.2, -0.15) is 0 Å². The van der Waals surface area contributed by atoms with E-state index >= 15 is 0 Å². The smallest absolute Gasteiger partial charge is 0.313 e. The number of nitrogens with zero attached hydrogens (tertiary/aromatic N) is 1. The molecular weight excluding hydrogens is 402 g/mol. The Kier molecular flexibility index (Phi) is 8.52. The van der Waals surface area contributed by atoms with Gasteiger partial charge in [0.1, 0.15) is 13.2 Å². The van der Waals surface area contributed by atoms with Crippen LogP contribution in [0, 0.1) is 0 Å². The third-order valence-corrected chi connectivity index (χ3v) is 5.26. The molecule has 0 radical (unpaired) electrons. The minimum Gasteiger partial charge on any atom is -0.486 e. The molecule has 1 heterocycles. The summed E-state index contributed by atoms with van der Waals surface area (Å²) in [6.45, 7) is 3.90. The summed E-state index contributed by atoms with van der Waals surface area (Å²) < 4.78 is 16.3. The maximum absolute atomic E-state index is 12.8. The van der Waals surface area contributed by atoms with Crippen molar-refractivity contribution in [1.82, 2.24) is 10.2 Å². The first-order valence-electron chi connectivity index (χ1n) is 10.9. The highest BCUT2D eigenvalue weighted by molar-refractivity contribution is 6.39. The summed E-state index contributed by atoms with van der Waals surface area (Å²) >= 11 is 0. The fourth-order valence-electron chi connectivity index (χ4n) is 3.72. The molecule has 1 aliphatic heterocycles. The predicted octanol–water partition coefficient (Wildman–Crippen LogP) is 1.71. The van der Waals surface area contributed by atoms with Crippen LogP contribution in [0.2, 0.25) is 0 Å². The Morgan fingerprint density at radius 3 is 2.61 bits per heavy atom. The van der Waals surface area contributed by atoms with Crippen LogP contribution in [-0.4, -0.2) is 68.2 Å². The van der Waals surface area contributed by atoms with Crippen LogP contribution in [0.15, 0.2) is 18.2 Å². The van der Waals surface area contributed by atoms with Gasteiger partial charge in [0.05, 0.1) is 6.54 Å². The summed E-state index contributed by atoms with van der Waals surface area (Å²) in [4.78, 5) is 39.1. The number of hydrogen-bond donors (Lipinski definition) is 2. The molecule has 3 rings (SSSR count). The molecule has 0 unspecified atom stereocenters. The molecule has 170 valence electrons. The van der Waals surface area contributed by atoms with Gasteiger partial charge in [0.25, 0.3) is 0 Å². The molecule has 0 aromatic heterocycles. The number of hydrogen-bond acceptors (Lipinski definition) is 6. The maximum Gasteiger partial charge on any atom is 0.313 e. The number of anilines is 1. The minimum atomic E-state index is -0.804. The van der Waals surface area contributed by atoms with E-state index in [1.807, 2.05) is 6.92 Å². The molecule has 1 aromatic carbocycles. The molecule has 1 fully saturated rings.